The van der Waals surface area contributed by atoms with Crippen LogP contribution in [0.2, 0.25) is 0 Å². The summed E-state index contributed by atoms with van der Waals surface area (Å²) in [5.41, 5.74) is 1.60. The molecule has 2 rings (SSSR count). The molecule has 2 aromatic heterocycles. The Morgan fingerprint density at radius 3 is 3.00 bits per heavy atom. The van der Waals surface area contributed by atoms with E-state index >= 15 is 0 Å². The topological polar surface area (TPSA) is 50.9 Å². The Kier molecular flexibility index (Phi) is 2.96. The first kappa shape index (κ1) is 10.8. The molecule has 0 fully saturated rings. The van der Waals surface area contributed by atoms with E-state index in [0.29, 0.717) is 17.0 Å². The van der Waals surface area contributed by atoms with Gasteiger partial charge >= 0.3 is 0 Å². The van der Waals surface area contributed by atoms with Gasteiger partial charge in [-0.3, -0.25) is 4.98 Å². The Balaban J connectivity index is 2.33. The van der Waals surface area contributed by atoms with Crippen molar-refractivity contribution in [2.45, 2.75) is 12.8 Å². The van der Waals surface area contributed by atoms with Crippen molar-refractivity contribution in [3.8, 4) is 0 Å². The number of halogens is 1. The second-order valence-electron chi connectivity index (χ2n) is 3.55. The van der Waals surface area contributed by atoms with Gasteiger partial charge in [-0.1, -0.05) is 0 Å². The summed E-state index contributed by atoms with van der Waals surface area (Å²) in [7, 11) is 1.79. The summed E-state index contributed by atoms with van der Waals surface area (Å²) in [6.45, 7) is -0.633. The van der Waals surface area contributed by atoms with Gasteiger partial charge in [0, 0.05) is 13.2 Å². The summed E-state index contributed by atoms with van der Waals surface area (Å²) < 4.78 is 14.2. The van der Waals surface area contributed by atoms with Crippen LogP contribution in [0.4, 0.5) is 4.39 Å². The van der Waals surface area contributed by atoms with Crippen molar-refractivity contribution in [2.75, 3.05) is 0 Å². The molecule has 1 atom stereocenters. The number of pyridine rings is 1. The number of rotatable bonds is 3. The highest BCUT2D eigenvalue weighted by atomic mass is 19.1. The van der Waals surface area contributed by atoms with E-state index in [0.717, 1.165) is 0 Å². The van der Waals surface area contributed by atoms with Crippen molar-refractivity contribution in [3.05, 3.63) is 47.8 Å². The summed E-state index contributed by atoms with van der Waals surface area (Å²) in [5, 5.41) is 10.1. The van der Waals surface area contributed by atoms with Crippen LogP contribution >= 0.6 is 0 Å². The zero-order valence-corrected chi connectivity index (χ0v) is 8.84. The number of alkyl halides is 1. The van der Waals surface area contributed by atoms with Gasteiger partial charge in [-0.2, -0.15) is 0 Å². The largest absolute Gasteiger partial charge is 0.382 e. The van der Waals surface area contributed by atoms with E-state index in [9.17, 15) is 9.50 Å². The standard InChI is InChI=1S/C11H12FN3O/c1-15-7-13-6-10(15)11(16)8-2-3-14-9(4-8)5-12/h2-4,6-7,11,16H,5H2,1H3. The van der Waals surface area contributed by atoms with Crippen molar-refractivity contribution < 1.29 is 9.50 Å². The molecule has 0 aliphatic heterocycles. The Bertz CT molecular complexity index is 484. The van der Waals surface area contributed by atoms with E-state index in [1.807, 2.05) is 0 Å². The Morgan fingerprint density at radius 2 is 2.38 bits per heavy atom. The molecule has 0 saturated carbocycles. The fraction of sp³-hybridized carbons (Fsp3) is 0.273. The molecule has 1 N–H and O–H groups in total. The maximum atomic E-state index is 12.4. The average molecular weight is 221 g/mol. The first-order valence-electron chi connectivity index (χ1n) is 4.87. The van der Waals surface area contributed by atoms with Gasteiger partial charge in [0.1, 0.15) is 12.8 Å². The zero-order valence-electron chi connectivity index (χ0n) is 8.84. The lowest BCUT2D eigenvalue weighted by Gasteiger charge is -2.11. The van der Waals surface area contributed by atoms with Crippen LogP contribution in [0.25, 0.3) is 0 Å². The van der Waals surface area contributed by atoms with E-state index in [1.54, 1.807) is 36.3 Å². The van der Waals surface area contributed by atoms with E-state index in [2.05, 4.69) is 9.97 Å². The van der Waals surface area contributed by atoms with E-state index in [1.165, 1.54) is 6.20 Å². The predicted octanol–water partition coefficient (Wildman–Crippen LogP) is 1.37. The van der Waals surface area contributed by atoms with Gasteiger partial charge in [0.05, 0.1) is 23.9 Å². The number of nitrogens with zero attached hydrogens (tertiary/aromatic N) is 3. The molecule has 0 amide bonds. The fourth-order valence-corrected chi connectivity index (χ4v) is 1.54. The van der Waals surface area contributed by atoms with Crippen molar-refractivity contribution in [1.82, 2.24) is 14.5 Å². The van der Waals surface area contributed by atoms with E-state index < -0.39 is 12.8 Å². The van der Waals surface area contributed by atoms with Crippen molar-refractivity contribution in [3.63, 3.8) is 0 Å². The van der Waals surface area contributed by atoms with Crippen LogP contribution in [0, 0.1) is 0 Å². The molecule has 0 spiro atoms. The molecule has 2 heterocycles. The summed E-state index contributed by atoms with van der Waals surface area (Å²) in [6, 6.07) is 3.22. The maximum absolute atomic E-state index is 12.4. The van der Waals surface area contributed by atoms with Crippen LogP contribution < -0.4 is 0 Å². The Hall–Kier alpha value is -1.75. The predicted molar refractivity (Wildman–Crippen MR) is 56.3 cm³/mol. The van der Waals surface area contributed by atoms with Crippen LogP contribution in [-0.4, -0.2) is 19.6 Å². The molecule has 4 nitrogen and oxygen atoms in total. The molecule has 5 heteroatoms. The molecular weight excluding hydrogens is 209 g/mol. The van der Waals surface area contributed by atoms with Crippen molar-refractivity contribution in [2.24, 2.45) is 7.05 Å². The SMILES string of the molecule is Cn1cncc1C(O)c1ccnc(CF)c1. The average Bonchev–Trinajstić information content (AvgIpc) is 2.74. The second-order valence-corrected chi connectivity index (χ2v) is 3.55. The van der Waals surface area contributed by atoms with Crippen LogP contribution in [-0.2, 0) is 13.7 Å². The molecule has 16 heavy (non-hydrogen) atoms. The summed E-state index contributed by atoms with van der Waals surface area (Å²) >= 11 is 0. The van der Waals surface area contributed by atoms with Crippen LogP contribution in [0.1, 0.15) is 23.1 Å². The van der Waals surface area contributed by atoms with Gasteiger partial charge in [-0.05, 0) is 17.7 Å². The monoisotopic (exact) mass is 221 g/mol. The van der Waals surface area contributed by atoms with Crippen LogP contribution in [0.3, 0.4) is 0 Å². The second kappa shape index (κ2) is 4.40. The van der Waals surface area contributed by atoms with Crippen LogP contribution in [0.5, 0.6) is 0 Å². The third-order valence-electron chi connectivity index (χ3n) is 2.43. The highest BCUT2D eigenvalue weighted by Gasteiger charge is 2.14. The van der Waals surface area contributed by atoms with Gasteiger partial charge in [0.2, 0.25) is 0 Å². The number of aliphatic hydroxyl groups is 1. The minimum atomic E-state index is -0.805. The number of hydrogen-bond acceptors (Lipinski definition) is 3. The minimum absolute atomic E-state index is 0.318. The molecule has 0 aliphatic carbocycles. The van der Waals surface area contributed by atoms with Gasteiger partial charge < -0.3 is 9.67 Å². The summed E-state index contributed by atoms with van der Waals surface area (Å²) in [4.78, 5) is 7.76. The third kappa shape index (κ3) is 1.94. The first-order chi connectivity index (χ1) is 7.72. The first-order valence-corrected chi connectivity index (χ1v) is 4.87. The third-order valence-corrected chi connectivity index (χ3v) is 2.43. The molecule has 1 unspecified atom stereocenters. The lowest BCUT2D eigenvalue weighted by molar-refractivity contribution is 0.211. The number of aromatic nitrogens is 3. The van der Waals surface area contributed by atoms with Crippen molar-refractivity contribution >= 4 is 0 Å². The Morgan fingerprint density at radius 1 is 1.56 bits per heavy atom. The molecule has 0 aliphatic rings. The van der Waals surface area contributed by atoms with Gasteiger partial charge in [-0.25, -0.2) is 9.37 Å². The lowest BCUT2D eigenvalue weighted by atomic mass is 10.1. The molecule has 2 aromatic rings. The molecule has 0 bridgehead atoms. The maximum Gasteiger partial charge on any atom is 0.131 e. The van der Waals surface area contributed by atoms with E-state index in [-0.39, 0.29) is 0 Å². The molecule has 0 saturated heterocycles. The van der Waals surface area contributed by atoms with E-state index in [4.69, 9.17) is 0 Å². The van der Waals surface area contributed by atoms with Gasteiger partial charge in [0.15, 0.2) is 0 Å². The zero-order chi connectivity index (χ0) is 11.5. The van der Waals surface area contributed by atoms with Crippen molar-refractivity contribution in [1.29, 1.82) is 0 Å². The van der Waals surface area contributed by atoms with Crippen LogP contribution in [0.15, 0.2) is 30.9 Å². The molecule has 0 radical (unpaired) electrons. The fourth-order valence-electron chi connectivity index (χ4n) is 1.54. The van der Waals surface area contributed by atoms with Gasteiger partial charge in [0.25, 0.3) is 0 Å². The Labute approximate surface area is 92.4 Å². The summed E-state index contributed by atoms with van der Waals surface area (Å²) in [6.07, 6.45) is 3.88. The molecule has 84 valence electrons. The summed E-state index contributed by atoms with van der Waals surface area (Å²) in [5.74, 6) is 0. The molecular formula is C11H12FN3O. The minimum Gasteiger partial charge on any atom is -0.382 e. The lowest BCUT2D eigenvalue weighted by Crippen LogP contribution is -2.05. The number of aliphatic hydroxyl groups excluding tert-OH is 1. The highest BCUT2D eigenvalue weighted by molar-refractivity contribution is 5.25. The smallest absolute Gasteiger partial charge is 0.131 e. The number of imidazole rings is 1. The number of hydrogen-bond donors (Lipinski definition) is 1. The quantitative estimate of drug-likeness (QED) is 0.851. The van der Waals surface area contributed by atoms with Gasteiger partial charge in [-0.15, -0.1) is 0 Å². The highest BCUT2D eigenvalue weighted by Crippen LogP contribution is 2.21. The number of aryl methyl sites for hydroxylation is 1. The normalized spacial score (nSPS) is 12.7. The molecule has 0 aromatic carbocycles.